The van der Waals surface area contributed by atoms with Crippen LogP contribution in [-0.2, 0) is 10.0 Å². The summed E-state index contributed by atoms with van der Waals surface area (Å²) in [4.78, 5) is 4.96. The minimum Gasteiger partial charge on any atom is -0.497 e. The van der Waals surface area contributed by atoms with Gasteiger partial charge in [-0.1, -0.05) is 6.92 Å². The topological polar surface area (TPSA) is 61.9 Å². The van der Waals surface area contributed by atoms with Crippen molar-refractivity contribution in [3.05, 3.63) is 48.5 Å². The van der Waals surface area contributed by atoms with E-state index in [4.69, 9.17) is 4.74 Å². The van der Waals surface area contributed by atoms with Crippen LogP contribution in [0.4, 0.5) is 11.4 Å². The number of ether oxygens (including phenoxy) is 1. The molecule has 7 heteroatoms. The van der Waals surface area contributed by atoms with Gasteiger partial charge >= 0.3 is 0 Å². The smallest absolute Gasteiger partial charge is 0.261 e. The molecule has 0 radical (unpaired) electrons. The third kappa shape index (κ3) is 4.28. The Morgan fingerprint density at radius 3 is 2.12 bits per heavy atom. The predicted octanol–water partition coefficient (Wildman–Crippen LogP) is 2.64. The standard InChI is InChI=1S/C19H25N3O3S/c1-3-21-12-14-22(15-13-21)17-6-4-16(5-7-17)20-26(23,24)19-10-8-18(25-2)9-11-19/h4-11,20H,3,12-15H2,1-2H3. The summed E-state index contributed by atoms with van der Waals surface area (Å²) in [5, 5.41) is 0. The summed E-state index contributed by atoms with van der Waals surface area (Å²) in [6.07, 6.45) is 0. The molecule has 2 aromatic carbocycles. The molecule has 6 nitrogen and oxygen atoms in total. The molecule has 3 rings (SSSR count). The summed E-state index contributed by atoms with van der Waals surface area (Å²) in [5.74, 6) is 0.622. The summed E-state index contributed by atoms with van der Waals surface area (Å²) in [7, 11) is -2.07. The van der Waals surface area contributed by atoms with Crippen molar-refractivity contribution in [3.8, 4) is 5.75 Å². The largest absolute Gasteiger partial charge is 0.497 e. The summed E-state index contributed by atoms with van der Waals surface area (Å²) in [6.45, 7) is 7.36. The van der Waals surface area contributed by atoms with Gasteiger partial charge in [0, 0.05) is 37.6 Å². The highest BCUT2D eigenvalue weighted by molar-refractivity contribution is 7.92. The second-order valence-electron chi connectivity index (χ2n) is 6.25. The molecule has 0 unspecified atom stereocenters. The molecule has 1 N–H and O–H groups in total. The number of benzene rings is 2. The lowest BCUT2D eigenvalue weighted by Crippen LogP contribution is -2.46. The van der Waals surface area contributed by atoms with Gasteiger partial charge in [-0.25, -0.2) is 8.42 Å². The molecular weight excluding hydrogens is 350 g/mol. The number of anilines is 2. The van der Waals surface area contributed by atoms with E-state index >= 15 is 0 Å². The number of hydrogen-bond acceptors (Lipinski definition) is 5. The van der Waals surface area contributed by atoms with Crippen molar-refractivity contribution in [2.24, 2.45) is 0 Å². The Balaban J connectivity index is 1.66. The lowest BCUT2D eigenvalue weighted by Gasteiger charge is -2.35. The molecule has 0 bridgehead atoms. The van der Waals surface area contributed by atoms with E-state index in [2.05, 4.69) is 21.4 Å². The normalized spacial score (nSPS) is 15.7. The number of hydrogen-bond donors (Lipinski definition) is 1. The van der Waals surface area contributed by atoms with Crippen LogP contribution in [0, 0.1) is 0 Å². The molecule has 0 saturated carbocycles. The zero-order valence-electron chi connectivity index (χ0n) is 15.2. The number of sulfonamides is 1. The number of methoxy groups -OCH3 is 1. The van der Waals surface area contributed by atoms with Gasteiger partial charge in [0.25, 0.3) is 10.0 Å². The Labute approximate surface area is 155 Å². The van der Waals surface area contributed by atoms with Gasteiger partial charge in [-0.15, -0.1) is 0 Å². The van der Waals surface area contributed by atoms with Crippen molar-refractivity contribution in [1.29, 1.82) is 0 Å². The first-order chi connectivity index (χ1) is 12.5. The molecule has 1 aliphatic rings. The molecule has 0 spiro atoms. The van der Waals surface area contributed by atoms with Crippen LogP contribution >= 0.6 is 0 Å². The minimum atomic E-state index is -3.61. The molecule has 26 heavy (non-hydrogen) atoms. The molecule has 1 heterocycles. The maximum Gasteiger partial charge on any atom is 0.261 e. The van der Waals surface area contributed by atoms with Crippen LogP contribution in [0.15, 0.2) is 53.4 Å². The molecule has 140 valence electrons. The van der Waals surface area contributed by atoms with Gasteiger partial charge in [-0.05, 0) is 55.1 Å². The van der Waals surface area contributed by atoms with E-state index in [9.17, 15) is 8.42 Å². The van der Waals surface area contributed by atoms with Crippen LogP contribution in [0.1, 0.15) is 6.92 Å². The van der Waals surface area contributed by atoms with Crippen molar-refractivity contribution in [3.63, 3.8) is 0 Å². The van der Waals surface area contributed by atoms with Crippen LogP contribution in [0.3, 0.4) is 0 Å². The van der Waals surface area contributed by atoms with E-state index in [0.717, 1.165) is 38.4 Å². The van der Waals surface area contributed by atoms with Gasteiger partial charge in [0.1, 0.15) is 5.75 Å². The van der Waals surface area contributed by atoms with Crippen molar-refractivity contribution in [2.45, 2.75) is 11.8 Å². The van der Waals surface area contributed by atoms with E-state index in [1.807, 2.05) is 24.3 Å². The third-order valence-corrected chi connectivity index (χ3v) is 6.07. The molecular formula is C19H25N3O3S. The average Bonchev–Trinajstić information content (AvgIpc) is 2.68. The van der Waals surface area contributed by atoms with E-state index in [1.165, 1.54) is 12.1 Å². The second kappa shape index (κ2) is 7.97. The number of piperazine rings is 1. The molecule has 0 atom stereocenters. The quantitative estimate of drug-likeness (QED) is 0.841. The highest BCUT2D eigenvalue weighted by Crippen LogP contribution is 2.22. The van der Waals surface area contributed by atoms with Gasteiger partial charge in [0.2, 0.25) is 0 Å². The zero-order chi connectivity index (χ0) is 18.6. The Hall–Kier alpha value is -2.25. The molecule has 1 saturated heterocycles. The SMILES string of the molecule is CCN1CCN(c2ccc(NS(=O)(=O)c3ccc(OC)cc3)cc2)CC1. The fourth-order valence-electron chi connectivity index (χ4n) is 3.03. The average molecular weight is 375 g/mol. The molecule has 0 aromatic heterocycles. The first-order valence-corrected chi connectivity index (χ1v) is 10.2. The monoisotopic (exact) mass is 375 g/mol. The molecule has 2 aromatic rings. The Bertz CT molecular complexity index is 812. The van der Waals surface area contributed by atoms with Crippen LogP contribution in [0.2, 0.25) is 0 Å². The fourth-order valence-corrected chi connectivity index (χ4v) is 4.09. The maximum atomic E-state index is 12.5. The third-order valence-electron chi connectivity index (χ3n) is 4.67. The first-order valence-electron chi connectivity index (χ1n) is 8.76. The summed E-state index contributed by atoms with van der Waals surface area (Å²) in [6, 6.07) is 13.9. The summed E-state index contributed by atoms with van der Waals surface area (Å²) in [5.41, 5.74) is 1.67. The van der Waals surface area contributed by atoms with E-state index < -0.39 is 10.0 Å². The summed E-state index contributed by atoms with van der Waals surface area (Å²) >= 11 is 0. The number of nitrogens with zero attached hydrogens (tertiary/aromatic N) is 2. The maximum absolute atomic E-state index is 12.5. The van der Waals surface area contributed by atoms with Gasteiger partial charge in [0.05, 0.1) is 12.0 Å². The van der Waals surface area contributed by atoms with Gasteiger partial charge in [0.15, 0.2) is 0 Å². The lowest BCUT2D eigenvalue weighted by atomic mass is 10.2. The number of likely N-dealkylation sites (N-methyl/N-ethyl adjacent to an activating group) is 1. The van der Waals surface area contributed by atoms with E-state index in [1.54, 1.807) is 19.2 Å². The molecule has 0 aliphatic carbocycles. The van der Waals surface area contributed by atoms with Crippen LogP contribution < -0.4 is 14.4 Å². The Morgan fingerprint density at radius 2 is 1.58 bits per heavy atom. The zero-order valence-corrected chi connectivity index (χ0v) is 16.0. The van der Waals surface area contributed by atoms with E-state index in [-0.39, 0.29) is 4.90 Å². The summed E-state index contributed by atoms with van der Waals surface area (Å²) < 4.78 is 32.7. The molecule has 1 aliphatic heterocycles. The van der Waals surface area contributed by atoms with E-state index in [0.29, 0.717) is 11.4 Å². The first kappa shape index (κ1) is 18.5. The number of rotatable bonds is 6. The highest BCUT2D eigenvalue weighted by atomic mass is 32.2. The Morgan fingerprint density at radius 1 is 0.962 bits per heavy atom. The highest BCUT2D eigenvalue weighted by Gasteiger charge is 2.17. The lowest BCUT2D eigenvalue weighted by molar-refractivity contribution is 0.271. The van der Waals surface area contributed by atoms with Crippen molar-refractivity contribution in [2.75, 3.05) is 49.5 Å². The number of nitrogens with one attached hydrogen (secondary N) is 1. The molecule has 0 amide bonds. The predicted molar refractivity (Wildman–Crippen MR) is 105 cm³/mol. The Kier molecular flexibility index (Phi) is 5.68. The fraction of sp³-hybridized carbons (Fsp3) is 0.368. The van der Waals surface area contributed by atoms with Crippen LogP contribution in [0.25, 0.3) is 0 Å². The van der Waals surface area contributed by atoms with Gasteiger partial charge in [-0.3, -0.25) is 4.72 Å². The van der Waals surface area contributed by atoms with Crippen molar-refractivity contribution >= 4 is 21.4 Å². The van der Waals surface area contributed by atoms with Crippen molar-refractivity contribution < 1.29 is 13.2 Å². The second-order valence-corrected chi connectivity index (χ2v) is 7.93. The minimum absolute atomic E-state index is 0.207. The van der Waals surface area contributed by atoms with Crippen LogP contribution in [0.5, 0.6) is 5.75 Å². The van der Waals surface area contributed by atoms with Crippen LogP contribution in [-0.4, -0.2) is 53.2 Å². The van der Waals surface area contributed by atoms with Gasteiger partial charge < -0.3 is 14.5 Å². The molecule has 1 fully saturated rings. The van der Waals surface area contributed by atoms with Crippen molar-refractivity contribution in [1.82, 2.24) is 4.90 Å². The van der Waals surface area contributed by atoms with Gasteiger partial charge in [-0.2, -0.15) is 0 Å².